The predicted octanol–water partition coefficient (Wildman–Crippen LogP) is 5.77. The van der Waals surface area contributed by atoms with E-state index in [1.165, 1.54) is 7.11 Å². The summed E-state index contributed by atoms with van der Waals surface area (Å²) < 4.78 is 10.6. The molecule has 0 spiro atoms. The second-order valence-corrected chi connectivity index (χ2v) is 14.0. The molecule has 10 nitrogen and oxygen atoms in total. The van der Waals surface area contributed by atoms with Gasteiger partial charge >= 0.3 is 6.09 Å². The van der Waals surface area contributed by atoms with E-state index in [0.717, 1.165) is 18.4 Å². The van der Waals surface area contributed by atoms with Crippen molar-refractivity contribution >= 4 is 40.5 Å². The molecule has 4 rings (SSSR count). The van der Waals surface area contributed by atoms with E-state index in [0.29, 0.717) is 34.0 Å². The van der Waals surface area contributed by atoms with Crippen molar-refractivity contribution in [1.82, 2.24) is 25.9 Å². The van der Waals surface area contributed by atoms with E-state index < -0.39 is 29.0 Å². The third-order valence-corrected chi connectivity index (χ3v) is 9.29. The average molecular weight is 640 g/mol. The molecule has 1 saturated carbocycles. The minimum Gasteiger partial charge on any atom is -0.453 e. The molecule has 3 amide bonds. The number of nitrogens with zero attached hydrogens (tertiary/aromatic N) is 1. The molecule has 1 unspecified atom stereocenters. The van der Waals surface area contributed by atoms with Crippen LogP contribution in [0.1, 0.15) is 83.3 Å². The first kappa shape index (κ1) is 34.2. The van der Waals surface area contributed by atoms with E-state index in [1.54, 1.807) is 14.0 Å². The van der Waals surface area contributed by atoms with Gasteiger partial charge in [-0.05, 0) is 66.8 Å². The fourth-order valence-corrected chi connectivity index (χ4v) is 6.27. The summed E-state index contributed by atoms with van der Waals surface area (Å²) in [4.78, 5) is 47.9. The number of hydrogen-bond donors (Lipinski definition) is 4. The first-order chi connectivity index (χ1) is 21.2. The Labute approximate surface area is 270 Å². The van der Waals surface area contributed by atoms with Gasteiger partial charge in [-0.3, -0.25) is 9.59 Å². The lowest BCUT2D eigenvalue weighted by atomic mass is 9.78. The Kier molecular flexibility index (Phi) is 10.2. The summed E-state index contributed by atoms with van der Waals surface area (Å²) in [6, 6.07) is 11.9. The van der Waals surface area contributed by atoms with Crippen molar-refractivity contribution < 1.29 is 23.9 Å². The number of halogens is 1. The number of rotatable bonds is 12. The van der Waals surface area contributed by atoms with Gasteiger partial charge in [-0.25, -0.2) is 9.78 Å². The largest absolute Gasteiger partial charge is 0.453 e. The van der Waals surface area contributed by atoms with Gasteiger partial charge in [0.1, 0.15) is 11.9 Å². The number of carbonyl (C=O) groups excluding carboxylic acids is 3. The molecule has 3 aromatic rings. The highest BCUT2D eigenvalue weighted by atomic mass is 35.5. The van der Waals surface area contributed by atoms with Crippen molar-refractivity contribution in [2.75, 3.05) is 27.4 Å². The summed E-state index contributed by atoms with van der Waals surface area (Å²) in [7, 11) is 2.87. The van der Waals surface area contributed by atoms with Crippen molar-refractivity contribution in [3.8, 4) is 0 Å². The number of H-pyrrole nitrogens is 1. The highest BCUT2D eigenvalue weighted by Crippen LogP contribution is 2.60. The summed E-state index contributed by atoms with van der Waals surface area (Å²) in [5.74, 6) is -0.209. The van der Waals surface area contributed by atoms with Gasteiger partial charge in [0, 0.05) is 24.6 Å². The molecule has 4 atom stereocenters. The van der Waals surface area contributed by atoms with Crippen LogP contribution in [0.5, 0.6) is 0 Å². The number of carbonyl (C=O) groups is 3. The maximum absolute atomic E-state index is 13.9. The highest BCUT2D eigenvalue weighted by Gasteiger charge is 2.51. The fourth-order valence-electron chi connectivity index (χ4n) is 6.02. The van der Waals surface area contributed by atoms with Crippen LogP contribution in [0.4, 0.5) is 4.79 Å². The lowest BCUT2D eigenvalue weighted by molar-refractivity contribution is -0.135. The zero-order chi connectivity index (χ0) is 33.2. The Morgan fingerprint density at radius 1 is 1.07 bits per heavy atom. The number of ether oxygens (including phenoxy) is 2. The summed E-state index contributed by atoms with van der Waals surface area (Å²) in [5.41, 5.74) is 1.19. The van der Waals surface area contributed by atoms with Crippen molar-refractivity contribution in [2.45, 2.75) is 77.8 Å². The summed E-state index contributed by atoms with van der Waals surface area (Å²) in [5, 5.41) is 9.47. The zero-order valence-corrected chi connectivity index (χ0v) is 28.2. The van der Waals surface area contributed by atoms with Crippen LogP contribution in [-0.4, -0.2) is 61.3 Å². The smallest absolute Gasteiger partial charge is 0.407 e. The number of methoxy groups -OCH3 is 2. The number of fused-ring (bicyclic) bond motifs is 1. The van der Waals surface area contributed by atoms with Gasteiger partial charge in [0.05, 0.1) is 36.2 Å². The van der Waals surface area contributed by atoms with Crippen LogP contribution in [-0.2, 0) is 24.5 Å². The topological polar surface area (TPSA) is 134 Å². The molecule has 4 N–H and O–H groups in total. The average Bonchev–Trinajstić information content (AvgIpc) is 3.58. The number of hydrogen-bond acceptors (Lipinski definition) is 6. The third-order valence-electron chi connectivity index (χ3n) is 8.94. The van der Waals surface area contributed by atoms with Crippen LogP contribution in [0.3, 0.4) is 0 Å². The molecule has 11 heteroatoms. The van der Waals surface area contributed by atoms with Gasteiger partial charge in [-0.1, -0.05) is 63.6 Å². The van der Waals surface area contributed by atoms with Gasteiger partial charge in [0.15, 0.2) is 0 Å². The van der Waals surface area contributed by atoms with Gasteiger partial charge in [0.25, 0.3) is 0 Å². The molecule has 45 heavy (non-hydrogen) atoms. The van der Waals surface area contributed by atoms with Gasteiger partial charge in [-0.2, -0.15) is 0 Å². The number of amides is 3. The SMILES string of the molecule is CCNC(=O)[C@H](NC(=O)C(C)(COC)c1ccc2nc([C@@H](NC(=O)OC)[C@H](c3ccccc3Cl)C3(C)CC3)[nH]c2c1)C(C)(C)C. The highest BCUT2D eigenvalue weighted by molar-refractivity contribution is 6.31. The quantitative estimate of drug-likeness (QED) is 0.199. The van der Waals surface area contributed by atoms with Crippen molar-refractivity contribution in [1.29, 1.82) is 0 Å². The maximum atomic E-state index is 13.9. The molecule has 1 fully saturated rings. The van der Waals surface area contributed by atoms with Crippen LogP contribution >= 0.6 is 11.6 Å². The zero-order valence-electron chi connectivity index (χ0n) is 27.5. The number of aromatic amines is 1. The molecule has 0 bridgehead atoms. The molecule has 244 valence electrons. The minimum atomic E-state index is -1.13. The predicted molar refractivity (Wildman–Crippen MR) is 175 cm³/mol. The van der Waals surface area contributed by atoms with Crippen LogP contribution in [0, 0.1) is 10.8 Å². The van der Waals surface area contributed by atoms with Crippen LogP contribution in [0.25, 0.3) is 11.0 Å². The Hall–Kier alpha value is -3.63. The first-order valence-electron chi connectivity index (χ1n) is 15.3. The molecular weight excluding hydrogens is 594 g/mol. The third kappa shape index (κ3) is 7.28. The summed E-state index contributed by atoms with van der Waals surface area (Å²) in [6.07, 6.45) is 1.37. The molecule has 0 aliphatic heterocycles. The lowest BCUT2D eigenvalue weighted by Gasteiger charge is -2.35. The number of alkyl carbamates (subject to hydrolysis) is 1. The Bertz CT molecular complexity index is 1550. The normalized spacial score (nSPS) is 17.4. The molecule has 2 aromatic carbocycles. The Balaban J connectivity index is 1.76. The summed E-state index contributed by atoms with van der Waals surface area (Å²) >= 11 is 6.72. The lowest BCUT2D eigenvalue weighted by Crippen LogP contribution is -2.58. The number of nitrogens with one attached hydrogen (secondary N) is 4. The Morgan fingerprint density at radius 3 is 2.33 bits per heavy atom. The van der Waals surface area contributed by atoms with E-state index in [9.17, 15) is 14.4 Å². The molecular formula is C34H46ClN5O5. The number of likely N-dealkylation sites (N-methyl/N-ethyl adjacent to an activating group) is 1. The van der Waals surface area contributed by atoms with Crippen LogP contribution in [0.2, 0.25) is 5.02 Å². The Morgan fingerprint density at radius 2 is 1.76 bits per heavy atom. The number of benzene rings is 2. The monoisotopic (exact) mass is 639 g/mol. The molecule has 0 radical (unpaired) electrons. The minimum absolute atomic E-state index is 0.0804. The van der Waals surface area contributed by atoms with E-state index >= 15 is 0 Å². The van der Waals surface area contributed by atoms with E-state index in [-0.39, 0.29) is 29.8 Å². The van der Waals surface area contributed by atoms with Crippen LogP contribution in [0.15, 0.2) is 42.5 Å². The van der Waals surface area contributed by atoms with E-state index in [4.69, 9.17) is 26.1 Å². The molecule has 0 saturated heterocycles. The molecule has 1 aliphatic carbocycles. The molecule has 1 heterocycles. The summed E-state index contributed by atoms with van der Waals surface area (Å²) in [6.45, 7) is 12.1. The fraction of sp³-hybridized carbons (Fsp3) is 0.529. The maximum Gasteiger partial charge on any atom is 0.407 e. The van der Waals surface area contributed by atoms with E-state index in [1.807, 2.05) is 70.2 Å². The second-order valence-electron chi connectivity index (χ2n) is 13.6. The van der Waals surface area contributed by atoms with Crippen LogP contribution < -0.4 is 16.0 Å². The van der Waals surface area contributed by atoms with Gasteiger partial charge in [-0.15, -0.1) is 0 Å². The number of imidazole rings is 1. The molecule has 1 aromatic heterocycles. The van der Waals surface area contributed by atoms with Crippen molar-refractivity contribution in [3.63, 3.8) is 0 Å². The number of aromatic nitrogens is 2. The second kappa shape index (κ2) is 13.4. The van der Waals surface area contributed by atoms with E-state index in [2.05, 4.69) is 27.9 Å². The molecule has 1 aliphatic rings. The standard InChI is InChI=1S/C34H46ClN5O5/c1-9-36-29(41)27(32(2,3)4)40-30(42)34(6,19-44-7)20-14-15-23-24(18-20)38-28(37-23)26(39-31(43)45-8)25(33(5)16-17-33)21-12-10-11-13-22(21)35/h10-15,18,25-27H,9,16-17,19H2,1-8H3,(H,36,41)(H,37,38)(H,39,43)(H,40,42)/t25-,26-,27-,34?/m0/s1. The van der Waals surface area contributed by atoms with Gasteiger partial charge < -0.3 is 30.4 Å². The van der Waals surface area contributed by atoms with Crippen molar-refractivity contribution in [2.24, 2.45) is 10.8 Å². The first-order valence-corrected chi connectivity index (χ1v) is 15.7. The van der Waals surface area contributed by atoms with Crippen molar-refractivity contribution in [3.05, 3.63) is 64.4 Å². The van der Waals surface area contributed by atoms with Gasteiger partial charge in [0.2, 0.25) is 11.8 Å².